The van der Waals surface area contributed by atoms with E-state index in [0.717, 1.165) is 11.5 Å². The molecule has 0 radical (unpaired) electrons. The molecule has 0 aromatic carbocycles. The molecule has 0 rings (SSSR count). The summed E-state index contributed by atoms with van der Waals surface area (Å²) in [6.07, 6.45) is 0. The van der Waals surface area contributed by atoms with E-state index < -0.39 is 0 Å². The molecule has 62 valence electrons. The van der Waals surface area contributed by atoms with Crippen molar-refractivity contribution in [1.82, 2.24) is 0 Å². The molecule has 0 unspecified atom stereocenters. The van der Waals surface area contributed by atoms with Gasteiger partial charge in [0.2, 0.25) is 0 Å². The average molecular weight is 820 g/mol. The van der Waals surface area contributed by atoms with Crippen molar-refractivity contribution < 1.29 is 109 Å². The van der Waals surface area contributed by atoms with E-state index in [1.807, 2.05) is 0 Å². The van der Waals surface area contributed by atoms with Crippen molar-refractivity contribution in [2.24, 2.45) is 0 Å². The van der Waals surface area contributed by atoms with Crippen LogP contribution in [0.5, 0.6) is 0 Å². The van der Waals surface area contributed by atoms with Gasteiger partial charge in [0.1, 0.15) is 0 Å². The summed E-state index contributed by atoms with van der Waals surface area (Å²) >= 11 is 5.74. The Balaban J connectivity index is -0.00000000667. The van der Waals surface area contributed by atoms with Crippen molar-refractivity contribution in [3.05, 3.63) is 0 Å². The smallest absolute Gasteiger partial charge is 0 e. The second-order valence-corrected chi connectivity index (χ2v) is 11.4. The van der Waals surface area contributed by atoms with Gasteiger partial charge in [0.25, 0.3) is 0 Å². The maximum atomic E-state index is 2.45. The van der Waals surface area contributed by atoms with Crippen LogP contribution in [0.4, 0.5) is 0 Å². The molecule has 0 aliphatic carbocycles. The zero-order chi connectivity index (χ0) is 2.71. The molecule has 6 heteroatoms. The molecule has 0 aromatic rings. The molecule has 0 aliphatic rings. The van der Waals surface area contributed by atoms with E-state index in [1.54, 1.807) is 0 Å². The van der Waals surface area contributed by atoms with Crippen LogP contribution in [-0.4, -0.2) is 0 Å². The Morgan fingerprint density at radius 2 is 0.833 bits per heavy atom. The van der Waals surface area contributed by atoms with Crippen LogP contribution in [0.15, 0.2) is 0 Å². The van der Waals surface area contributed by atoms with Crippen LogP contribution in [0.1, 0.15) is 0 Å². The van der Waals surface area contributed by atoms with Crippen LogP contribution in [-0.2, 0) is 109 Å². The zero-order valence-corrected chi connectivity index (χ0v) is 12.4. The standard InChI is InChI=1S/2Au.4Pd. The van der Waals surface area contributed by atoms with E-state index in [4.69, 9.17) is 0 Å². The van der Waals surface area contributed by atoms with Gasteiger partial charge in [0.15, 0.2) is 0 Å². The Labute approximate surface area is 106 Å². The summed E-state index contributed by atoms with van der Waals surface area (Å²) in [7, 11) is 0. The van der Waals surface area contributed by atoms with Crippen molar-refractivity contribution in [2.45, 2.75) is 0 Å². The molecule has 0 atom stereocenters. The van der Waals surface area contributed by atoms with Crippen LogP contribution in [0.25, 0.3) is 0 Å². The maximum absolute atomic E-state index is 2.45. The molecule has 0 aromatic heterocycles. The third-order valence-electron chi connectivity index (χ3n) is 0. The van der Waals surface area contributed by atoms with E-state index in [2.05, 4.69) is 36.2 Å². The first-order chi connectivity index (χ1) is 1.41. The van der Waals surface area contributed by atoms with Crippen LogP contribution in [0.2, 0.25) is 0 Å². The van der Waals surface area contributed by atoms with Crippen molar-refractivity contribution >= 4 is 0 Å². The summed E-state index contributed by atoms with van der Waals surface area (Å²) in [5.41, 5.74) is 0. The first kappa shape index (κ1) is 22.5. The van der Waals surface area contributed by atoms with E-state index in [0.29, 0.717) is 0 Å². The van der Waals surface area contributed by atoms with Gasteiger partial charge < -0.3 is 0 Å². The molecule has 0 spiro atoms. The monoisotopic (exact) mass is 818 g/mol. The Morgan fingerprint density at radius 1 is 0.833 bits per heavy atom. The van der Waals surface area contributed by atoms with Crippen molar-refractivity contribution in [1.29, 1.82) is 0 Å². The number of hydrogen-bond acceptors (Lipinski definition) is 0. The maximum Gasteiger partial charge on any atom is 0 e. The van der Waals surface area contributed by atoms with Crippen LogP contribution in [0.3, 0.4) is 0 Å². The normalized spacial score (nSPS) is 4.00. The minimum atomic E-state index is 0. The SMILES string of the molecule is [Au][Pd][Au].[Pd].[Pd].[Pd]. The first-order valence-corrected chi connectivity index (χ1v) is 9.23. The summed E-state index contributed by atoms with van der Waals surface area (Å²) in [6, 6.07) is 0. The summed E-state index contributed by atoms with van der Waals surface area (Å²) in [5, 5.41) is 0. The van der Waals surface area contributed by atoms with Gasteiger partial charge >= 0.3 is 47.7 Å². The Bertz CT molecular complexity index is 5.51. The molecule has 0 fully saturated rings. The third kappa shape index (κ3) is 24.2. The summed E-state index contributed by atoms with van der Waals surface area (Å²) in [4.78, 5) is 0. The Hall–Kier alpha value is 4.13. The Morgan fingerprint density at radius 3 is 0.833 bits per heavy atom. The zero-order valence-electron chi connectivity index (χ0n) is 1.87. The van der Waals surface area contributed by atoms with Crippen LogP contribution < -0.4 is 0 Å². The van der Waals surface area contributed by atoms with Gasteiger partial charge in [0, 0.05) is 61.3 Å². The minimum absolute atomic E-state index is 0. The predicted octanol–water partition coefficient (Wildman–Crippen LogP) is -0.0150. The fraction of sp³-hybridized carbons (Fsp3) is 0. The van der Waals surface area contributed by atoms with Gasteiger partial charge in [-0.1, -0.05) is 0 Å². The average Bonchev–Trinajstić information content (AvgIpc) is 0.918. The van der Waals surface area contributed by atoms with Crippen LogP contribution in [0, 0.1) is 0 Å². The molecule has 0 amide bonds. The molecular formula is Au2Pd4. The van der Waals surface area contributed by atoms with Gasteiger partial charge in [-0.2, -0.15) is 0 Å². The molecule has 0 N–H and O–H groups in total. The van der Waals surface area contributed by atoms with Crippen molar-refractivity contribution in [3.8, 4) is 0 Å². The van der Waals surface area contributed by atoms with E-state index in [9.17, 15) is 0 Å². The number of hydrogen-bond donors (Lipinski definition) is 0. The number of rotatable bonds is 0. The summed E-state index contributed by atoms with van der Waals surface area (Å²) < 4.78 is 0. The van der Waals surface area contributed by atoms with Gasteiger partial charge in [-0.25, -0.2) is 0 Å². The molecular weight excluding hydrogens is 820 g/mol. The fourth-order valence-corrected chi connectivity index (χ4v) is 0. The van der Waals surface area contributed by atoms with Gasteiger partial charge in [-0.15, -0.1) is 0 Å². The van der Waals surface area contributed by atoms with E-state index >= 15 is 0 Å². The molecule has 0 aliphatic heterocycles. The molecule has 6 heavy (non-hydrogen) atoms. The minimum Gasteiger partial charge on any atom is 0 e. The van der Waals surface area contributed by atoms with E-state index in [-0.39, 0.29) is 61.3 Å². The first-order valence-electron chi connectivity index (χ1n) is 0.191. The molecule has 0 heterocycles. The second kappa shape index (κ2) is 22.9. The topological polar surface area (TPSA) is 0 Å². The fourth-order valence-electron chi connectivity index (χ4n) is 0. The molecule has 0 saturated carbocycles. The largest absolute Gasteiger partial charge is 0 e. The van der Waals surface area contributed by atoms with Gasteiger partial charge in [0.05, 0.1) is 0 Å². The summed E-state index contributed by atoms with van der Waals surface area (Å²) in [5.74, 6) is 0. The van der Waals surface area contributed by atoms with Crippen LogP contribution >= 0.6 is 0 Å². The van der Waals surface area contributed by atoms with E-state index in [1.165, 1.54) is 0 Å². The quantitative estimate of drug-likeness (QED) is 0.302. The van der Waals surface area contributed by atoms with Crippen molar-refractivity contribution in [3.63, 3.8) is 0 Å². The molecule has 0 saturated heterocycles. The predicted molar refractivity (Wildman–Crippen MR) is 0 cm³/mol. The van der Waals surface area contributed by atoms with Crippen molar-refractivity contribution in [2.75, 3.05) is 0 Å². The Kier molecular flexibility index (Phi) is 85.9. The second-order valence-electron chi connectivity index (χ2n) is 0.0287. The third-order valence-corrected chi connectivity index (χ3v) is 0. The van der Waals surface area contributed by atoms with Gasteiger partial charge in [-0.3, -0.25) is 0 Å². The summed E-state index contributed by atoms with van der Waals surface area (Å²) in [6.45, 7) is 0. The van der Waals surface area contributed by atoms with Gasteiger partial charge in [-0.05, 0) is 0 Å². The molecule has 0 bridgehead atoms. The molecule has 0 nitrogen and oxygen atoms in total.